The summed E-state index contributed by atoms with van der Waals surface area (Å²) in [5, 5.41) is 0. The van der Waals surface area contributed by atoms with Gasteiger partial charge in [-0.15, -0.1) is 0 Å². The largest absolute Gasteiger partial charge is 0.372 e. The molecule has 4 heteroatoms. The van der Waals surface area contributed by atoms with Crippen molar-refractivity contribution in [2.75, 3.05) is 6.61 Å². The third-order valence-corrected chi connectivity index (χ3v) is 8.77. The van der Waals surface area contributed by atoms with E-state index in [1.807, 2.05) is 0 Å². The molecule has 1 aliphatic heterocycles. The van der Waals surface area contributed by atoms with E-state index in [0.717, 1.165) is 38.5 Å². The van der Waals surface area contributed by atoms with Crippen LogP contribution in [0.25, 0.3) is 0 Å². The summed E-state index contributed by atoms with van der Waals surface area (Å²) in [6.07, 6.45) is 26.8. The fourth-order valence-corrected chi connectivity index (χ4v) is 6.04. The van der Waals surface area contributed by atoms with E-state index in [9.17, 15) is 0 Å². The quantitative estimate of drug-likeness (QED) is 0.117. The highest BCUT2D eigenvalue weighted by atomic mass is 16.6. The van der Waals surface area contributed by atoms with Crippen molar-refractivity contribution in [2.24, 2.45) is 5.73 Å². The van der Waals surface area contributed by atoms with Crippen molar-refractivity contribution in [2.45, 2.75) is 212 Å². The summed E-state index contributed by atoms with van der Waals surface area (Å²) in [5.74, 6) is 0. The van der Waals surface area contributed by atoms with Gasteiger partial charge in [-0.3, -0.25) is 0 Å². The first-order chi connectivity index (χ1) is 18.3. The van der Waals surface area contributed by atoms with Crippen molar-refractivity contribution in [3.63, 3.8) is 0 Å². The lowest BCUT2D eigenvalue weighted by molar-refractivity contribution is -0.212. The number of hydrogen-bond donors (Lipinski definition) is 1. The van der Waals surface area contributed by atoms with Crippen LogP contribution in [0.15, 0.2) is 0 Å². The molecule has 1 fully saturated rings. The van der Waals surface area contributed by atoms with Gasteiger partial charge in [-0.2, -0.15) is 0 Å². The summed E-state index contributed by atoms with van der Waals surface area (Å²) in [6.45, 7) is 14.4. The fourth-order valence-electron chi connectivity index (χ4n) is 6.04. The number of hydrogen-bond acceptors (Lipinski definition) is 4. The van der Waals surface area contributed by atoms with Crippen molar-refractivity contribution < 1.29 is 14.2 Å². The van der Waals surface area contributed by atoms with Crippen LogP contribution in [0.5, 0.6) is 0 Å². The van der Waals surface area contributed by atoms with E-state index >= 15 is 0 Å². The molecule has 0 saturated carbocycles. The van der Waals surface area contributed by atoms with E-state index in [0.29, 0.717) is 6.61 Å². The molecule has 3 unspecified atom stereocenters. The molecule has 1 heterocycles. The van der Waals surface area contributed by atoms with E-state index in [1.54, 1.807) is 0 Å². The minimum Gasteiger partial charge on any atom is -0.372 e. The van der Waals surface area contributed by atoms with Gasteiger partial charge < -0.3 is 19.9 Å². The van der Waals surface area contributed by atoms with Gasteiger partial charge in [0.05, 0.1) is 23.9 Å². The fraction of sp³-hybridized carbons (Fsp3) is 1.00. The zero-order valence-electron chi connectivity index (χ0n) is 26.8. The second kappa shape index (κ2) is 21.6. The topological polar surface area (TPSA) is 53.7 Å². The van der Waals surface area contributed by atoms with E-state index < -0.39 is 0 Å². The highest BCUT2D eigenvalue weighted by Crippen LogP contribution is 2.34. The molecule has 1 aliphatic rings. The van der Waals surface area contributed by atoms with Crippen LogP contribution in [0.2, 0.25) is 0 Å². The average molecular weight is 540 g/mol. The summed E-state index contributed by atoms with van der Waals surface area (Å²) in [7, 11) is 0. The molecule has 1 rings (SSSR count). The Labute approximate surface area is 238 Å². The highest BCUT2D eigenvalue weighted by molar-refractivity contribution is 4.86. The molecule has 4 nitrogen and oxygen atoms in total. The molecule has 2 N–H and O–H groups in total. The first-order valence-electron chi connectivity index (χ1n) is 17.0. The molecule has 0 aromatic heterocycles. The summed E-state index contributed by atoms with van der Waals surface area (Å²) in [4.78, 5) is 0. The van der Waals surface area contributed by atoms with Crippen LogP contribution in [-0.4, -0.2) is 36.2 Å². The Kier molecular flexibility index (Phi) is 20.4. The molecule has 0 amide bonds. The van der Waals surface area contributed by atoms with Crippen LogP contribution in [0, 0.1) is 0 Å². The average Bonchev–Trinajstić information content (AvgIpc) is 2.90. The van der Waals surface area contributed by atoms with E-state index in [2.05, 4.69) is 41.5 Å². The monoisotopic (exact) mass is 540 g/mol. The lowest BCUT2D eigenvalue weighted by atomic mass is 9.90. The van der Waals surface area contributed by atoms with Crippen molar-refractivity contribution in [1.82, 2.24) is 0 Å². The maximum atomic E-state index is 7.03. The Balaban J connectivity index is 2.84. The summed E-state index contributed by atoms with van der Waals surface area (Å²) < 4.78 is 20.2. The molecular formula is C34H69NO3. The molecule has 0 aromatic rings. The molecular weight excluding hydrogens is 470 g/mol. The molecule has 228 valence electrons. The normalized spacial score (nSPS) is 20.8. The van der Waals surface area contributed by atoms with E-state index in [-0.39, 0.29) is 29.6 Å². The van der Waals surface area contributed by atoms with Gasteiger partial charge in [0, 0.05) is 0 Å². The Hall–Kier alpha value is -0.160. The minimum absolute atomic E-state index is 0.0709. The number of unbranched alkanes of at least 4 members (excludes halogenated alkanes) is 12. The van der Waals surface area contributed by atoms with Crippen LogP contribution in [0.3, 0.4) is 0 Å². The van der Waals surface area contributed by atoms with E-state index in [4.69, 9.17) is 19.9 Å². The van der Waals surface area contributed by atoms with Crippen LogP contribution in [-0.2, 0) is 14.2 Å². The Bertz CT molecular complexity index is 516. The highest BCUT2D eigenvalue weighted by Gasteiger charge is 2.38. The molecule has 0 radical (unpaired) electrons. The van der Waals surface area contributed by atoms with Crippen LogP contribution < -0.4 is 5.73 Å². The van der Waals surface area contributed by atoms with Gasteiger partial charge in [0.25, 0.3) is 0 Å². The van der Waals surface area contributed by atoms with Gasteiger partial charge in [-0.1, -0.05) is 130 Å². The molecule has 0 spiro atoms. The Morgan fingerprint density at radius 2 is 1.03 bits per heavy atom. The number of rotatable bonds is 25. The summed E-state index contributed by atoms with van der Waals surface area (Å²) in [5.41, 5.74) is 6.14. The van der Waals surface area contributed by atoms with E-state index in [1.165, 1.54) is 103 Å². The van der Waals surface area contributed by atoms with Gasteiger partial charge in [0.15, 0.2) is 0 Å². The predicted octanol–water partition coefficient (Wildman–Crippen LogP) is 10.3. The lowest BCUT2D eigenvalue weighted by Gasteiger charge is -2.42. The standard InChI is InChI=1S/C34H69NO3/c1-7-11-15-19-25-33(5,26-20-16-12-8-2)36-29-31-30(23-24-32(35)37-31)38-34(6,27-21-17-13-9-3)28-22-18-14-10-4/h30-32H,7-29,35H2,1-6H3. The first-order valence-corrected chi connectivity index (χ1v) is 17.0. The third kappa shape index (κ3) is 16.2. The van der Waals surface area contributed by atoms with Crippen molar-refractivity contribution in [3.05, 3.63) is 0 Å². The lowest BCUT2D eigenvalue weighted by Crippen LogP contribution is -2.50. The molecule has 38 heavy (non-hydrogen) atoms. The smallest absolute Gasteiger partial charge is 0.109 e. The van der Waals surface area contributed by atoms with Gasteiger partial charge in [0.1, 0.15) is 12.3 Å². The van der Waals surface area contributed by atoms with Gasteiger partial charge in [-0.25, -0.2) is 0 Å². The second-order valence-corrected chi connectivity index (χ2v) is 12.9. The molecule has 0 aromatic carbocycles. The minimum atomic E-state index is -0.204. The van der Waals surface area contributed by atoms with Crippen molar-refractivity contribution >= 4 is 0 Å². The van der Waals surface area contributed by atoms with Crippen molar-refractivity contribution in [1.29, 1.82) is 0 Å². The third-order valence-electron chi connectivity index (χ3n) is 8.77. The molecule has 3 atom stereocenters. The molecule has 1 saturated heterocycles. The maximum Gasteiger partial charge on any atom is 0.109 e. The van der Waals surface area contributed by atoms with Crippen LogP contribution in [0.4, 0.5) is 0 Å². The Morgan fingerprint density at radius 3 is 1.45 bits per heavy atom. The number of nitrogens with two attached hydrogens (primary N) is 1. The van der Waals surface area contributed by atoms with Gasteiger partial charge >= 0.3 is 0 Å². The zero-order valence-corrected chi connectivity index (χ0v) is 26.8. The first kappa shape index (κ1) is 35.9. The maximum absolute atomic E-state index is 7.03. The Morgan fingerprint density at radius 1 is 0.605 bits per heavy atom. The van der Waals surface area contributed by atoms with Crippen molar-refractivity contribution in [3.8, 4) is 0 Å². The second-order valence-electron chi connectivity index (χ2n) is 12.9. The zero-order chi connectivity index (χ0) is 28.1. The predicted molar refractivity (Wildman–Crippen MR) is 165 cm³/mol. The molecule has 0 bridgehead atoms. The van der Waals surface area contributed by atoms with Gasteiger partial charge in [-0.05, 0) is 52.4 Å². The van der Waals surface area contributed by atoms with Crippen LogP contribution >= 0.6 is 0 Å². The summed E-state index contributed by atoms with van der Waals surface area (Å²) >= 11 is 0. The summed E-state index contributed by atoms with van der Waals surface area (Å²) in [6, 6.07) is 0. The number of ether oxygens (including phenoxy) is 3. The SMILES string of the molecule is CCCCCCC(C)(CCCCCC)OCC1OC(N)CCC1OC(C)(CCCCCC)CCCCCC. The van der Waals surface area contributed by atoms with Gasteiger partial charge in [0.2, 0.25) is 0 Å². The molecule has 0 aliphatic carbocycles. The van der Waals surface area contributed by atoms with Crippen LogP contribution in [0.1, 0.15) is 183 Å².